The van der Waals surface area contributed by atoms with Crippen molar-refractivity contribution in [3.05, 3.63) is 65.2 Å². The molecule has 4 rings (SSSR count). The molecule has 0 aliphatic rings. The fraction of sp³-hybridized carbons (Fsp3) is 0.158. The molecule has 0 fully saturated rings. The molecule has 0 aliphatic heterocycles. The molecule has 0 spiro atoms. The third kappa shape index (κ3) is 3.56. The molecule has 0 saturated heterocycles. The Kier molecular flexibility index (Phi) is 4.53. The van der Waals surface area contributed by atoms with Crippen molar-refractivity contribution in [1.29, 1.82) is 0 Å². The summed E-state index contributed by atoms with van der Waals surface area (Å²) in [5.41, 5.74) is 1.23. The summed E-state index contributed by atoms with van der Waals surface area (Å²) in [6, 6.07) is 9.70. The SMILES string of the molecule is C[C@H](n1cnnc1-c1cccc(Nc2cccc3[nH]ccc(=O)c23)n1)C(F)(F)F. The Labute approximate surface area is 162 Å². The van der Waals surface area contributed by atoms with Crippen molar-refractivity contribution >= 4 is 22.4 Å². The number of benzene rings is 1. The molecule has 0 saturated carbocycles. The van der Waals surface area contributed by atoms with Gasteiger partial charge in [-0.3, -0.25) is 4.79 Å². The molecule has 3 aromatic heterocycles. The Morgan fingerprint density at radius 2 is 1.93 bits per heavy atom. The van der Waals surface area contributed by atoms with Gasteiger partial charge >= 0.3 is 6.18 Å². The average molecular weight is 400 g/mol. The zero-order valence-corrected chi connectivity index (χ0v) is 15.1. The van der Waals surface area contributed by atoms with Gasteiger partial charge in [-0.2, -0.15) is 13.2 Å². The first-order chi connectivity index (χ1) is 13.8. The zero-order valence-electron chi connectivity index (χ0n) is 15.1. The van der Waals surface area contributed by atoms with Crippen molar-refractivity contribution in [2.75, 3.05) is 5.32 Å². The summed E-state index contributed by atoms with van der Waals surface area (Å²) in [5.74, 6) is 0.349. The largest absolute Gasteiger partial charge is 0.408 e. The second-order valence-electron chi connectivity index (χ2n) is 6.38. The van der Waals surface area contributed by atoms with Gasteiger partial charge in [-0.25, -0.2) is 4.98 Å². The lowest BCUT2D eigenvalue weighted by atomic mass is 10.1. The zero-order chi connectivity index (χ0) is 20.6. The fourth-order valence-electron chi connectivity index (χ4n) is 2.97. The summed E-state index contributed by atoms with van der Waals surface area (Å²) in [6.45, 7) is 1.03. The number of aromatic amines is 1. The number of alkyl halides is 3. The molecular weight excluding hydrogens is 385 g/mol. The van der Waals surface area contributed by atoms with Crippen LogP contribution >= 0.6 is 0 Å². The van der Waals surface area contributed by atoms with Crippen LogP contribution in [0.1, 0.15) is 13.0 Å². The molecule has 29 heavy (non-hydrogen) atoms. The normalized spacial score (nSPS) is 12.8. The number of halogens is 3. The van der Waals surface area contributed by atoms with Crippen molar-refractivity contribution in [2.45, 2.75) is 19.1 Å². The Hall–Kier alpha value is -3.69. The number of H-pyrrole nitrogens is 1. The molecule has 3 heterocycles. The maximum Gasteiger partial charge on any atom is 0.408 e. The van der Waals surface area contributed by atoms with Gasteiger partial charge in [-0.1, -0.05) is 12.1 Å². The minimum absolute atomic E-state index is 0.00533. The maximum absolute atomic E-state index is 13.1. The van der Waals surface area contributed by atoms with E-state index in [0.29, 0.717) is 22.4 Å². The van der Waals surface area contributed by atoms with Gasteiger partial charge in [0.1, 0.15) is 23.9 Å². The minimum atomic E-state index is -4.45. The first-order valence-corrected chi connectivity index (χ1v) is 8.65. The van der Waals surface area contributed by atoms with E-state index < -0.39 is 12.2 Å². The van der Waals surface area contributed by atoms with Crippen LogP contribution in [0.3, 0.4) is 0 Å². The molecular formula is C19H15F3N6O. The summed E-state index contributed by atoms with van der Waals surface area (Å²) >= 11 is 0. The molecule has 0 radical (unpaired) electrons. The molecule has 1 atom stereocenters. The van der Waals surface area contributed by atoms with Crippen LogP contribution in [-0.4, -0.2) is 30.9 Å². The molecule has 1 aromatic carbocycles. The third-order valence-electron chi connectivity index (χ3n) is 4.49. The minimum Gasteiger partial charge on any atom is -0.361 e. The molecule has 0 bridgehead atoms. The number of hydrogen-bond acceptors (Lipinski definition) is 5. The van der Waals surface area contributed by atoms with Crippen molar-refractivity contribution in [3.63, 3.8) is 0 Å². The van der Waals surface area contributed by atoms with Crippen LogP contribution < -0.4 is 10.7 Å². The monoisotopic (exact) mass is 400 g/mol. The molecule has 7 nitrogen and oxygen atoms in total. The number of nitrogens with zero attached hydrogens (tertiary/aromatic N) is 4. The van der Waals surface area contributed by atoms with Crippen LogP contribution in [0.5, 0.6) is 0 Å². The van der Waals surface area contributed by atoms with E-state index in [1.54, 1.807) is 42.6 Å². The number of hydrogen-bond donors (Lipinski definition) is 2. The van der Waals surface area contributed by atoms with Gasteiger partial charge < -0.3 is 14.9 Å². The van der Waals surface area contributed by atoms with E-state index >= 15 is 0 Å². The smallest absolute Gasteiger partial charge is 0.361 e. The molecule has 4 aromatic rings. The molecule has 2 N–H and O–H groups in total. The highest BCUT2D eigenvalue weighted by molar-refractivity contribution is 5.92. The number of nitrogens with one attached hydrogen (secondary N) is 2. The summed E-state index contributed by atoms with van der Waals surface area (Å²) in [5, 5.41) is 10.9. The van der Waals surface area contributed by atoms with Crippen LogP contribution in [-0.2, 0) is 0 Å². The van der Waals surface area contributed by atoms with E-state index in [9.17, 15) is 18.0 Å². The summed E-state index contributed by atoms with van der Waals surface area (Å²) < 4.78 is 40.3. The lowest BCUT2D eigenvalue weighted by molar-refractivity contribution is -0.162. The van der Waals surface area contributed by atoms with E-state index in [1.165, 1.54) is 6.07 Å². The van der Waals surface area contributed by atoms with E-state index in [-0.39, 0.29) is 16.9 Å². The van der Waals surface area contributed by atoms with Crippen molar-refractivity contribution < 1.29 is 13.2 Å². The van der Waals surface area contributed by atoms with Gasteiger partial charge in [0.25, 0.3) is 0 Å². The van der Waals surface area contributed by atoms with E-state index in [4.69, 9.17) is 0 Å². The molecule has 10 heteroatoms. The van der Waals surface area contributed by atoms with Gasteiger partial charge in [-0.05, 0) is 31.2 Å². The lowest BCUT2D eigenvalue weighted by Crippen LogP contribution is -2.24. The van der Waals surface area contributed by atoms with Gasteiger partial charge in [0, 0.05) is 12.3 Å². The van der Waals surface area contributed by atoms with Crippen molar-refractivity contribution in [2.24, 2.45) is 0 Å². The predicted molar refractivity (Wildman–Crippen MR) is 102 cm³/mol. The van der Waals surface area contributed by atoms with Crippen molar-refractivity contribution in [1.82, 2.24) is 24.7 Å². The highest BCUT2D eigenvalue weighted by Crippen LogP contribution is 2.32. The maximum atomic E-state index is 13.1. The molecule has 148 valence electrons. The van der Waals surface area contributed by atoms with Crippen LogP contribution in [0.2, 0.25) is 0 Å². The first-order valence-electron chi connectivity index (χ1n) is 8.65. The Morgan fingerprint density at radius 3 is 2.72 bits per heavy atom. The number of fused-ring (bicyclic) bond motifs is 1. The van der Waals surface area contributed by atoms with Gasteiger partial charge in [0.05, 0.1) is 16.6 Å². The fourth-order valence-corrected chi connectivity index (χ4v) is 2.97. The predicted octanol–water partition coefficient (Wildman–Crippen LogP) is 4.05. The lowest BCUT2D eigenvalue weighted by Gasteiger charge is -2.18. The first kappa shape index (κ1) is 18.7. The Balaban J connectivity index is 1.72. The Morgan fingerprint density at radius 1 is 1.14 bits per heavy atom. The van der Waals surface area contributed by atoms with Gasteiger partial charge in [0.2, 0.25) is 0 Å². The average Bonchev–Trinajstić information content (AvgIpc) is 3.17. The van der Waals surface area contributed by atoms with Gasteiger partial charge in [0.15, 0.2) is 11.3 Å². The number of aromatic nitrogens is 5. The van der Waals surface area contributed by atoms with Crippen LogP contribution in [0.15, 0.2) is 59.8 Å². The summed E-state index contributed by atoms with van der Waals surface area (Å²) in [7, 11) is 0. The highest BCUT2D eigenvalue weighted by Gasteiger charge is 2.38. The molecule has 0 amide bonds. The number of rotatable bonds is 4. The Bertz CT molecular complexity index is 1230. The summed E-state index contributed by atoms with van der Waals surface area (Å²) in [4.78, 5) is 19.6. The van der Waals surface area contributed by atoms with Crippen LogP contribution in [0, 0.1) is 0 Å². The number of pyridine rings is 2. The van der Waals surface area contributed by atoms with E-state index in [2.05, 4.69) is 25.5 Å². The quantitative estimate of drug-likeness (QED) is 0.540. The van der Waals surface area contributed by atoms with Crippen LogP contribution in [0.4, 0.5) is 24.7 Å². The standard InChI is InChI=1S/C19H15F3N6O/c1-11(19(20,21)22)28-10-24-27-18(28)14-6-3-7-16(26-14)25-13-5-2-4-12-17(13)15(29)8-9-23-12/h2-11H,1H3,(H,23,29)(H,25,26)/t11-/m0/s1. The third-order valence-corrected chi connectivity index (χ3v) is 4.49. The second-order valence-corrected chi connectivity index (χ2v) is 6.38. The van der Waals surface area contributed by atoms with E-state index in [0.717, 1.165) is 17.8 Å². The molecule has 0 unspecified atom stereocenters. The summed E-state index contributed by atoms with van der Waals surface area (Å²) in [6.07, 6.45) is -1.86. The highest BCUT2D eigenvalue weighted by atomic mass is 19.4. The molecule has 0 aliphatic carbocycles. The van der Waals surface area contributed by atoms with Gasteiger partial charge in [-0.15, -0.1) is 10.2 Å². The van der Waals surface area contributed by atoms with Crippen molar-refractivity contribution in [3.8, 4) is 11.5 Å². The second kappa shape index (κ2) is 7.04. The number of anilines is 2. The van der Waals surface area contributed by atoms with E-state index in [1.807, 2.05) is 0 Å². The topological polar surface area (TPSA) is 88.5 Å². The van der Waals surface area contributed by atoms with Crippen LogP contribution in [0.25, 0.3) is 22.4 Å².